The van der Waals surface area contributed by atoms with Crippen LogP contribution in [-0.2, 0) is 14.4 Å². The molecule has 2 amide bonds. The fraction of sp³-hybridized carbons (Fsp3) is 0.471. The summed E-state index contributed by atoms with van der Waals surface area (Å²) < 4.78 is 12.8. The monoisotopic (exact) mass is 370 g/mol. The lowest BCUT2D eigenvalue weighted by Gasteiger charge is -2.17. The van der Waals surface area contributed by atoms with E-state index in [1.807, 2.05) is 6.92 Å². The van der Waals surface area contributed by atoms with E-state index in [4.69, 9.17) is 5.11 Å². The zero-order valence-electron chi connectivity index (χ0n) is 14.3. The van der Waals surface area contributed by atoms with E-state index >= 15 is 0 Å². The van der Waals surface area contributed by atoms with Gasteiger partial charge in [0, 0.05) is 5.69 Å². The molecule has 0 aromatic heterocycles. The lowest BCUT2D eigenvalue weighted by molar-refractivity contribution is -0.141. The summed E-state index contributed by atoms with van der Waals surface area (Å²) in [6, 6.07) is 4.45. The normalized spacial score (nSPS) is 12.9. The molecule has 3 N–H and O–H groups in total. The second-order valence-corrected chi connectivity index (χ2v) is 6.88. The van der Waals surface area contributed by atoms with Crippen LogP contribution in [0.1, 0.15) is 33.1 Å². The number of amides is 2. The van der Waals surface area contributed by atoms with Crippen LogP contribution in [0.15, 0.2) is 24.3 Å². The van der Waals surface area contributed by atoms with Crippen molar-refractivity contribution in [1.82, 2.24) is 5.32 Å². The number of carbonyl (C=O) groups is 3. The number of nitrogens with one attached hydrogen (secondary N) is 2. The van der Waals surface area contributed by atoms with Gasteiger partial charge in [-0.3, -0.25) is 9.59 Å². The minimum Gasteiger partial charge on any atom is -0.480 e. The van der Waals surface area contributed by atoms with Crippen LogP contribution in [0.3, 0.4) is 0 Å². The maximum atomic E-state index is 12.8. The van der Waals surface area contributed by atoms with Gasteiger partial charge in [0.05, 0.1) is 11.0 Å². The summed E-state index contributed by atoms with van der Waals surface area (Å²) in [6.45, 7) is 3.56. The highest BCUT2D eigenvalue weighted by Crippen LogP contribution is 2.14. The molecule has 0 radical (unpaired) electrons. The minimum atomic E-state index is -1.06. The molecule has 0 aliphatic heterocycles. The van der Waals surface area contributed by atoms with Crippen molar-refractivity contribution >= 4 is 35.2 Å². The Bertz CT molecular complexity index is 595. The molecule has 2 atom stereocenters. The lowest BCUT2D eigenvalue weighted by Crippen LogP contribution is -2.44. The van der Waals surface area contributed by atoms with Crippen molar-refractivity contribution in [3.05, 3.63) is 30.1 Å². The number of rotatable bonds is 10. The summed E-state index contributed by atoms with van der Waals surface area (Å²) in [4.78, 5) is 35.0. The van der Waals surface area contributed by atoms with Crippen LogP contribution in [0.5, 0.6) is 0 Å². The number of anilines is 1. The fourth-order valence-electron chi connectivity index (χ4n) is 1.96. The molecule has 0 bridgehead atoms. The van der Waals surface area contributed by atoms with Gasteiger partial charge in [0.2, 0.25) is 11.8 Å². The Hall–Kier alpha value is -2.09. The van der Waals surface area contributed by atoms with Crippen LogP contribution in [-0.4, -0.2) is 39.9 Å². The van der Waals surface area contributed by atoms with Crippen LogP contribution in [0.2, 0.25) is 0 Å². The van der Waals surface area contributed by atoms with Crippen LogP contribution in [0, 0.1) is 5.82 Å². The van der Waals surface area contributed by atoms with E-state index in [1.54, 1.807) is 6.92 Å². The van der Waals surface area contributed by atoms with Crippen LogP contribution >= 0.6 is 11.8 Å². The fourth-order valence-corrected chi connectivity index (χ4v) is 2.65. The van der Waals surface area contributed by atoms with Crippen molar-refractivity contribution in [3.63, 3.8) is 0 Å². The number of benzene rings is 1. The number of carbonyl (C=O) groups excluding carboxylic acids is 2. The lowest BCUT2D eigenvalue weighted by atomic mass is 10.1. The number of hydrogen-bond acceptors (Lipinski definition) is 4. The predicted molar refractivity (Wildman–Crippen MR) is 96.0 cm³/mol. The summed E-state index contributed by atoms with van der Waals surface area (Å²) in [7, 11) is 0. The molecule has 138 valence electrons. The third kappa shape index (κ3) is 8.02. The average Bonchev–Trinajstić information content (AvgIpc) is 2.58. The standard InChI is InChI=1S/C17H23FN2O4S/c1-3-4-5-14(17(23)24)20-16(22)11(2)25-10-15(21)19-13-8-6-12(18)7-9-13/h6-9,11,14H,3-5,10H2,1-2H3,(H,19,21)(H,20,22)(H,23,24)/t11?,14-/m0/s1. The molecule has 0 spiro atoms. The Balaban J connectivity index is 2.42. The molecule has 0 aliphatic carbocycles. The molecule has 1 aromatic carbocycles. The van der Waals surface area contributed by atoms with Gasteiger partial charge in [-0.15, -0.1) is 11.8 Å². The topological polar surface area (TPSA) is 95.5 Å². The van der Waals surface area contributed by atoms with Gasteiger partial charge in [0.1, 0.15) is 11.9 Å². The second-order valence-electron chi connectivity index (χ2n) is 5.55. The second kappa shape index (κ2) is 10.7. The zero-order chi connectivity index (χ0) is 18.8. The van der Waals surface area contributed by atoms with Crippen LogP contribution in [0.25, 0.3) is 0 Å². The number of unbranched alkanes of at least 4 members (excludes halogenated alkanes) is 1. The van der Waals surface area contributed by atoms with Crippen molar-refractivity contribution < 1.29 is 23.9 Å². The Morgan fingerprint density at radius 3 is 2.44 bits per heavy atom. The van der Waals surface area contributed by atoms with Crippen molar-refractivity contribution in [2.24, 2.45) is 0 Å². The highest BCUT2D eigenvalue weighted by Gasteiger charge is 2.23. The van der Waals surface area contributed by atoms with E-state index in [9.17, 15) is 18.8 Å². The van der Waals surface area contributed by atoms with Gasteiger partial charge in [0.25, 0.3) is 0 Å². The average molecular weight is 370 g/mol. The molecular weight excluding hydrogens is 347 g/mol. The quantitative estimate of drug-likeness (QED) is 0.588. The van der Waals surface area contributed by atoms with Gasteiger partial charge < -0.3 is 15.7 Å². The highest BCUT2D eigenvalue weighted by atomic mass is 32.2. The molecule has 6 nitrogen and oxygen atoms in total. The van der Waals surface area contributed by atoms with Gasteiger partial charge >= 0.3 is 5.97 Å². The van der Waals surface area contributed by atoms with Gasteiger partial charge in [-0.05, 0) is 37.6 Å². The molecule has 1 aromatic rings. The Kier molecular flexibility index (Phi) is 8.98. The summed E-state index contributed by atoms with van der Waals surface area (Å²) in [5.74, 6) is -2.17. The van der Waals surface area contributed by atoms with Crippen LogP contribution in [0.4, 0.5) is 10.1 Å². The van der Waals surface area contributed by atoms with E-state index in [-0.39, 0.29) is 11.7 Å². The van der Waals surface area contributed by atoms with Crippen molar-refractivity contribution in [2.75, 3.05) is 11.1 Å². The first-order chi connectivity index (χ1) is 11.8. The zero-order valence-corrected chi connectivity index (χ0v) is 15.1. The van der Waals surface area contributed by atoms with E-state index in [2.05, 4.69) is 10.6 Å². The first-order valence-electron chi connectivity index (χ1n) is 8.03. The Morgan fingerprint density at radius 2 is 1.88 bits per heavy atom. The molecule has 0 heterocycles. The first-order valence-corrected chi connectivity index (χ1v) is 9.08. The summed E-state index contributed by atoms with van der Waals surface area (Å²) >= 11 is 1.10. The molecule has 0 saturated carbocycles. The largest absolute Gasteiger partial charge is 0.480 e. The number of hydrogen-bond donors (Lipinski definition) is 3. The van der Waals surface area contributed by atoms with Gasteiger partial charge in [0.15, 0.2) is 0 Å². The van der Waals surface area contributed by atoms with E-state index in [0.717, 1.165) is 18.2 Å². The molecule has 0 fully saturated rings. The third-order valence-electron chi connectivity index (χ3n) is 3.42. The van der Waals surface area contributed by atoms with E-state index in [1.165, 1.54) is 24.3 Å². The molecule has 1 unspecified atom stereocenters. The molecule has 25 heavy (non-hydrogen) atoms. The Labute approximate surface area is 150 Å². The molecule has 8 heteroatoms. The maximum absolute atomic E-state index is 12.8. The van der Waals surface area contributed by atoms with E-state index < -0.39 is 29.0 Å². The number of carboxylic acids is 1. The summed E-state index contributed by atoms with van der Waals surface area (Å²) in [5.41, 5.74) is 0.467. The third-order valence-corrected chi connectivity index (χ3v) is 4.57. The SMILES string of the molecule is CCCC[C@H](NC(=O)C(C)SCC(=O)Nc1ccc(F)cc1)C(=O)O. The molecular formula is C17H23FN2O4S. The minimum absolute atomic E-state index is 0.0264. The number of halogens is 1. The summed E-state index contributed by atoms with van der Waals surface area (Å²) in [6.07, 6.45) is 1.92. The smallest absolute Gasteiger partial charge is 0.326 e. The van der Waals surface area contributed by atoms with Crippen molar-refractivity contribution in [1.29, 1.82) is 0 Å². The number of thioether (sulfide) groups is 1. The summed E-state index contributed by atoms with van der Waals surface area (Å²) in [5, 5.41) is 13.6. The first kappa shape index (κ1) is 21.0. The van der Waals surface area contributed by atoms with Gasteiger partial charge in [-0.2, -0.15) is 0 Å². The van der Waals surface area contributed by atoms with Gasteiger partial charge in [-0.25, -0.2) is 9.18 Å². The van der Waals surface area contributed by atoms with Crippen molar-refractivity contribution in [2.45, 2.75) is 44.4 Å². The number of carboxylic acid groups (broad SMARTS) is 1. The van der Waals surface area contributed by atoms with Crippen molar-refractivity contribution in [3.8, 4) is 0 Å². The highest BCUT2D eigenvalue weighted by molar-refractivity contribution is 8.01. The molecule has 0 aliphatic rings. The van der Waals surface area contributed by atoms with Gasteiger partial charge in [-0.1, -0.05) is 19.8 Å². The number of aliphatic carboxylic acids is 1. The molecule has 1 rings (SSSR count). The maximum Gasteiger partial charge on any atom is 0.326 e. The Morgan fingerprint density at radius 1 is 1.24 bits per heavy atom. The predicted octanol–water partition coefficient (Wildman–Crippen LogP) is 2.65. The molecule has 0 saturated heterocycles. The van der Waals surface area contributed by atoms with Crippen LogP contribution < -0.4 is 10.6 Å². The van der Waals surface area contributed by atoms with E-state index in [0.29, 0.717) is 18.5 Å².